The standard InChI is InChI=1S/C11H23NO3S/c1-9(2)7-8-16(14,15)12-10-5-3-4-6-11(10)13/h9-13H,3-8H2,1-2H3. The van der Waals surface area contributed by atoms with Gasteiger partial charge in [0.1, 0.15) is 0 Å². The van der Waals surface area contributed by atoms with E-state index < -0.39 is 16.1 Å². The lowest BCUT2D eigenvalue weighted by atomic mass is 9.93. The Labute approximate surface area is 98.5 Å². The quantitative estimate of drug-likeness (QED) is 0.771. The maximum absolute atomic E-state index is 11.7. The molecule has 2 N–H and O–H groups in total. The maximum atomic E-state index is 11.7. The predicted octanol–water partition coefficient (Wildman–Crippen LogP) is 1.26. The molecule has 1 aliphatic rings. The molecule has 5 heteroatoms. The van der Waals surface area contributed by atoms with Gasteiger partial charge in [-0.05, 0) is 25.2 Å². The molecule has 0 aliphatic heterocycles. The Morgan fingerprint density at radius 1 is 1.31 bits per heavy atom. The van der Waals surface area contributed by atoms with Gasteiger partial charge >= 0.3 is 0 Å². The number of rotatable bonds is 5. The highest BCUT2D eigenvalue weighted by Gasteiger charge is 2.26. The largest absolute Gasteiger partial charge is 0.391 e. The van der Waals surface area contributed by atoms with Crippen LogP contribution < -0.4 is 4.72 Å². The van der Waals surface area contributed by atoms with Crippen LogP contribution in [0.4, 0.5) is 0 Å². The number of aliphatic hydroxyl groups excluding tert-OH is 1. The van der Waals surface area contributed by atoms with Gasteiger partial charge in [0.2, 0.25) is 10.0 Å². The summed E-state index contributed by atoms with van der Waals surface area (Å²) in [4.78, 5) is 0. The molecule has 1 rings (SSSR count). The van der Waals surface area contributed by atoms with Crippen molar-refractivity contribution >= 4 is 10.0 Å². The van der Waals surface area contributed by atoms with Gasteiger partial charge in [-0.2, -0.15) is 0 Å². The molecule has 2 atom stereocenters. The van der Waals surface area contributed by atoms with Crippen molar-refractivity contribution in [2.24, 2.45) is 5.92 Å². The van der Waals surface area contributed by atoms with Gasteiger partial charge < -0.3 is 5.11 Å². The van der Waals surface area contributed by atoms with E-state index in [1.165, 1.54) is 0 Å². The molecule has 0 bridgehead atoms. The third-order valence-electron chi connectivity index (χ3n) is 3.02. The van der Waals surface area contributed by atoms with E-state index in [1.807, 2.05) is 13.8 Å². The van der Waals surface area contributed by atoms with Crippen LogP contribution in [-0.2, 0) is 10.0 Å². The minimum Gasteiger partial charge on any atom is -0.391 e. The lowest BCUT2D eigenvalue weighted by Crippen LogP contribution is -2.45. The Morgan fingerprint density at radius 3 is 2.50 bits per heavy atom. The van der Waals surface area contributed by atoms with Crippen molar-refractivity contribution in [3.8, 4) is 0 Å². The number of hydrogen-bond acceptors (Lipinski definition) is 3. The van der Waals surface area contributed by atoms with Gasteiger partial charge in [-0.1, -0.05) is 26.7 Å². The summed E-state index contributed by atoms with van der Waals surface area (Å²) in [5.41, 5.74) is 0. The van der Waals surface area contributed by atoms with Crippen LogP contribution in [0, 0.1) is 5.92 Å². The molecule has 0 spiro atoms. The van der Waals surface area contributed by atoms with E-state index in [0.717, 1.165) is 19.3 Å². The zero-order chi connectivity index (χ0) is 12.2. The molecule has 2 unspecified atom stereocenters. The molecular weight excluding hydrogens is 226 g/mol. The first-order valence-electron chi connectivity index (χ1n) is 6.09. The molecule has 0 amide bonds. The molecule has 0 aromatic heterocycles. The third-order valence-corrected chi connectivity index (χ3v) is 4.46. The highest BCUT2D eigenvalue weighted by molar-refractivity contribution is 7.89. The van der Waals surface area contributed by atoms with Crippen LogP contribution >= 0.6 is 0 Å². The molecule has 0 heterocycles. The van der Waals surface area contributed by atoms with Crippen LogP contribution in [0.5, 0.6) is 0 Å². The van der Waals surface area contributed by atoms with Gasteiger partial charge in [-0.3, -0.25) is 0 Å². The van der Waals surface area contributed by atoms with E-state index in [4.69, 9.17) is 0 Å². The molecule has 0 saturated heterocycles. The van der Waals surface area contributed by atoms with E-state index in [-0.39, 0.29) is 11.8 Å². The molecule has 96 valence electrons. The normalized spacial score (nSPS) is 27.2. The second kappa shape index (κ2) is 5.98. The summed E-state index contributed by atoms with van der Waals surface area (Å²) in [7, 11) is -3.22. The van der Waals surface area contributed by atoms with Gasteiger partial charge in [0.15, 0.2) is 0 Å². The monoisotopic (exact) mass is 249 g/mol. The second-order valence-electron chi connectivity index (χ2n) is 5.08. The fourth-order valence-electron chi connectivity index (χ4n) is 1.93. The van der Waals surface area contributed by atoms with E-state index in [2.05, 4.69) is 4.72 Å². The summed E-state index contributed by atoms with van der Waals surface area (Å²) in [5, 5.41) is 9.68. The fourth-order valence-corrected chi connectivity index (χ4v) is 3.56. The van der Waals surface area contributed by atoms with Crippen LogP contribution in [0.25, 0.3) is 0 Å². The summed E-state index contributed by atoms with van der Waals surface area (Å²) in [6.45, 7) is 4.01. The minimum absolute atomic E-state index is 0.161. The summed E-state index contributed by atoms with van der Waals surface area (Å²) < 4.78 is 26.1. The fraction of sp³-hybridized carbons (Fsp3) is 1.00. The first kappa shape index (κ1) is 13.9. The molecule has 0 aromatic carbocycles. The lowest BCUT2D eigenvalue weighted by Gasteiger charge is -2.28. The van der Waals surface area contributed by atoms with Crippen molar-refractivity contribution in [1.82, 2.24) is 4.72 Å². The van der Waals surface area contributed by atoms with Crippen LogP contribution in [0.15, 0.2) is 0 Å². The lowest BCUT2D eigenvalue weighted by molar-refractivity contribution is 0.101. The minimum atomic E-state index is -3.22. The highest BCUT2D eigenvalue weighted by atomic mass is 32.2. The molecule has 0 aromatic rings. The van der Waals surface area contributed by atoms with E-state index >= 15 is 0 Å². The van der Waals surface area contributed by atoms with Crippen LogP contribution in [0.3, 0.4) is 0 Å². The number of hydrogen-bond donors (Lipinski definition) is 2. The second-order valence-corrected chi connectivity index (χ2v) is 6.95. The van der Waals surface area contributed by atoms with Gasteiger partial charge in [0.05, 0.1) is 11.9 Å². The first-order valence-corrected chi connectivity index (χ1v) is 7.74. The molecule has 1 aliphatic carbocycles. The zero-order valence-electron chi connectivity index (χ0n) is 10.1. The van der Waals surface area contributed by atoms with Crippen molar-refractivity contribution in [3.05, 3.63) is 0 Å². The van der Waals surface area contributed by atoms with E-state index in [1.54, 1.807) is 0 Å². The van der Waals surface area contributed by atoms with Crippen molar-refractivity contribution in [1.29, 1.82) is 0 Å². The van der Waals surface area contributed by atoms with Gasteiger partial charge in [-0.15, -0.1) is 0 Å². The summed E-state index contributed by atoms with van der Waals surface area (Å²) in [6.07, 6.45) is 3.60. The van der Waals surface area contributed by atoms with Gasteiger partial charge in [0, 0.05) is 6.04 Å². The molecular formula is C11H23NO3S. The predicted molar refractivity (Wildman–Crippen MR) is 64.6 cm³/mol. The summed E-state index contributed by atoms with van der Waals surface area (Å²) in [6, 6.07) is -0.272. The smallest absolute Gasteiger partial charge is 0.211 e. The average molecular weight is 249 g/mol. The Hall–Kier alpha value is -0.130. The Bertz CT molecular complexity index is 300. The maximum Gasteiger partial charge on any atom is 0.211 e. The van der Waals surface area contributed by atoms with Gasteiger partial charge in [0.25, 0.3) is 0 Å². The van der Waals surface area contributed by atoms with Crippen molar-refractivity contribution in [2.75, 3.05) is 5.75 Å². The van der Waals surface area contributed by atoms with Crippen molar-refractivity contribution in [3.63, 3.8) is 0 Å². The topological polar surface area (TPSA) is 66.4 Å². The zero-order valence-corrected chi connectivity index (χ0v) is 11.0. The highest BCUT2D eigenvalue weighted by Crippen LogP contribution is 2.19. The number of sulfonamides is 1. The SMILES string of the molecule is CC(C)CCS(=O)(=O)NC1CCCCC1O. The third kappa shape index (κ3) is 4.80. The molecule has 1 saturated carbocycles. The van der Waals surface area contributed by atoms with Crippen LogP contribution in [0.1, 0.15) is 46.0 Å². The molecule has 1 fully saturated rings. The Balaban J connectivity index is 2.44. The molecule has 0 radical (unpaired) electrons. The van der Waals surface area contributed by atoms with Crippen molar-refractivity contribution in [2.45, 2.75) is 58.1 Å². The van der Waals surface area contributed by atoms with E-state index in [9.17, 15) is 13.5 Å². The van der Waals surface area contributed by atoms with E-state index in [0.29, 0.717) is 18.8 Å². The summed E-state index contributed by atoms with van der Waals surface area (Å²) in [5.74, 6) is 0.543. The first-order chi connectivity index (χ1) is 7.41. The number of aliphatic hydroxyl groups is 1. The molecule has 4 nitrogen and oxygen atoms in total. The average Bonchev–Trinajstić information content (AvgIpc) is 2.19. The number of nitrogens with one attached hydrogen (secondary N) is 1. The van der Waals surface area contributed by atoms with Crippen LogP contribution in [-0.4, -0.2) is 31.4 Å². The molecule has 16 heavy (non-hydrogen) atoms. The summed E-state index contributed by atoms with van der Waals surface area (Å²) >= 11 is 0. The Kier molecular flexibility index (Phi) is 5.21. The Morgan fingerprint density at radius 2 is 1.94 bits per heavy atom. The van der Waals surface area contributed by atoms with Gasteiger partial charge in [-0.25, -0.2) is 13.1 Å². The van der Waals surface area contributed by atoms with Crippen LogP contribution in [0.2, 0.25) is 0 Å². The van der Waals surface area contributed by atoms with Crippen molar-refractivity contribution < 1.29 is 13.5 Å².